The number of halogens is 3. The van der Waals surface area contributed by atoms with Crippen molar-refractivity contribution in [3.63, 3.8) is 0 Å². The number of aliphatic hydroxyl groups excluding tert-OH is 1. The zero-order chi connectivity index (χ0) is 15.5. The largest absolute Gasteiger partial charge is 0.433 e. The lowest BCUT2D eigenvalue weighted by atomic mass is 10.1. The summed E-state index contributed by atoms with van der Waals surface area (Å²) in [5.74, 6) is -0.134. The fourth-order valence-corrected chi connectivity index (χ4v) is 1.34. The van der Waals surface area contributed by atoms with E-state index in [9.17, 15) is 28.4 Å². The Morgan fingerprint density at radius 3 is 2.55 bits per heavy atom. The van der Waals surface area contributed by atoms with Gasteiger partial charge < -0.3 is 10.4 Å². The molecule has 1 atom stereocenters. The Balaban J connectivity index is 3.04. The molecule has 0 aromatic carbocycles. The van der Waals surface area contributed by atoms with E-state index in [1.54, 1.807) is 13.8 Å². The van der Waals surface area contributed by atoms with E-state index in [4.69, 9.17) is 0 Å². The third kappa shape index (κ3) is 4.05. The first-order valence-corrected chi connectivity index (χ1v) is 5.76. The van der Waals surface area contributed by atoms with Crippen LogP contribution in [0.15, 0.2) is 12.3 Å². The number of rotatable bonds is 5. The number of nitro groups is 1. The molecule has 20 heavy (non-hydrogen) atoms. The summed E-state index contributed by atoms with van der Waals surface area (Å²) in [6, 6.07) is 0.561. The van der Waals surface area contributed by atoms with Crippen LogP contribution in [-0.2, 0) is 6.18 Å². The van der Waals surface area contributed by atoms with Gasteiger partial charge in [0.05, 0.1) is 11.0 Å². The summed E-state index contributed by atoms with van der Waals surface area (Å²) < 4.78 is 37.6. The fraction of sp³-hybridized carbons (Fsp3) is 0.545. The highest BCUT2D eigenvalue weighted by Crippen LogP contribution is 2.32. The molecule has 0 amide bonds. The molecule has 1 heterocycles. The van der Waals surface area contributed by atoms with Crippen molar-refractivity contribution in [2.24, 2.45) is 5.92 Å². The number of alkyl halides is 3. The smallest absolute Gasteiger partial charge is 0.391 e. The van der Waals surface area contributed by atoms with Crippen LogP contribution < -0.4 is 5.32 Å². The van der Waals surface area contributed by atoms with Gasteiger partial charge in [-0.1, -0.05) is 13.8 Å². The van der Waals surface area contributed by atoms with Gasteiger partial charge in [0.1, 0.15) is 17.6 Å². The number of aliphatic hydroxyl groups is 1. The highest BCUT2D eigenvalue weighted by molar-refractivity contribution is 5.61. The van der Waals surface area contributed by atoms with E-state index in [1.807, 2.05) is 0 Å². The van der Waals surface area contributed by atoms with Gasteiger partial charge in [0.25, 0.3) is 0 Å². The van der Waals surface area contributed by atoms with Crippen molar-refractivity contribution in [3.05, 3.63) is 28.1 Å². The van der Waals surface area contributed by atoms with Gasteiger partial charge in [0.15, 0.2) is 0 Å². The summed E-state index contributed by atoms with van der Waals surface area (Å²) in [5.41, 5.74) is -2.13. The molecule has 0 spiro atoms. The number of nitrogens with one attached hydrogen (secondary N) is 1. The highest BCUT2D eigenvalue weighted by Gasteiger charge is 2.34. The van der Waals surface area contributed by atoms with Crippen molar-refractivity contribution in [1.29, 1.82) is 0 Å². The van der Waals surface area contributed by atoms with Gasteiger partial charge in [-0.25, -0.2) is 4.98 Å². The van der Waals surface area contributed by atoms with Crippen molar-refractivity contribution in [2.75, 3.05) is 11.9 Å². The number of aromatic nitrogens is 1. The van der Waals surface area contributed by atoms with Crippen LogP contribution >= 0.6 is 0 Å². The van der Waals surface area contributed by atoms with Crippen molar-refractivity contribution >= 4 is 11.4 Å². The maximum atomic E-state index is 12.5. The van der Waals surface area contributed by atoms with Crippen LogP contribution in [0.1, 0.15) is 19.5 Å². The molecule has 9 heteroatoms. The molecule has 0 aliphatic rings. The van der Waals surface area contributed by atoms with Crippen molar-refractivity contribution in [3.8, 4) is 0 Å². The average Bonchev–Trinajstić information content (AvgIpc) is 2.34. The molecule has 0 aliphatic carbocycles. The first-order chi connectivity index (χ1) is 9.12. The van der Waals surface area contributed by atoms with E-state index < -0.39 is 28.6 Å². The van der Waals surface area contributed by atoms with Gasteiger partial charge in [-0.05, 0) is 12.0 Å². The fourth-order valence-electron chi connectivity index (χ4n) is 1.34. The maximum Gasteiger partial charge on any atom is 0.433 e. The van der Waals surface area contributed by atoms with Gasteiger partial charge >= 0.3 is 11.9 Å². The Labute approximate surface area is 112 Å². The van der Waals surface area contributed by atoms with Crippen molar-refractivity contribution in [1.82, 2.24) is 4.98 Å². The quantitative estimate of drug-likeness (QED) is 0.643. The van der Waals surface area contributed by atoms with Gasteiger partial charge in [-0.3, -0.25) is 10.1 Å². The molecule has 0 saturated heterocycles. The van der Waals surface area contributed by atoms with Gasteiger partial charge in [0, 0.05) is 6.54 Å². The Hall–Kier alpha value is -1.90. The van der Waals surface area contributed by atoms with E-state index in [0.29, 0.717) is 12.3 Å². The average molecular weight is 293 g/mol. The standard InChI is InChI=1S/C11H14F3N3O3/c1-6(2)9(18)5-15-7-3-10(11(12,13)14)16-4-8(7)17(19)20/h3-4,6,9,18H,5H2,1-2H3,(H,15,16). The van der Waals surface area contributed by atoms with Crippen molar-refractivity contribution < 1.29 is 23.2 Å². The molecular weight excluding hydrogens is 279 g/mol. The molecule has 1 aromatic rings. The zero-order valence-electron chi connectivity index (χ0n) is 10.8. The molecule has 0 aliphatic heterocycles. The molecule has 0 radical (unpaired) electrons. The number of pyridine rings is 1. The maximum absolute atomic E-state index is 12.5. The highest BCUT2D eigenvalue weighted by atomic mass is 19.4. The van der Waals surface area contributed by atoms with Gasteiger partial charge in [0.2, 0.25) is 0 Å². The Bertz CT molecular complexity index is 492. The molecule has 112 valence electrons. The van der Waals surface area contributed by atoms with E-state index in [-0.39, 0.29) is 18.2 Å². The molecule has 1 rings (SSSR count). The SMILES string of the molecule is CC(C)C(O)CNc1cc(C(F)(F)F)ncc1[N+](=O)[O-]. The summed E-state index contributed by atoms with van der Waals surface area (Å²) >= 11 is 0. The minimum absolute atomic E-state index is 0.0974. The normalized spacial score (nSPS) is 13.3. The summed E-state index contributed by atoms with van der Waals surface area (Å²) in [6.45, 7) is 3.34. The predicted octanol–water partition coefficient (Wildman–Crippen LogP) is 2.44. The lowest BCUT2D eigenvalue weighted by Crippen LogP contribution is -2.25. The van der Waals surface area contributed by atoms with E-state index in [2.05, 4.69) is 10.3 Å². The number of hydrogen-bond acceptors (Lipinski definition) is 5. The van der Waals surface area contributed by atoms with Crippen molar-refractivity contribution in [2.45, 2.75) is 26.1 Å². The predicted molar refractivity (Wildman–Crippen MR) is 65.2 cm³/mol. The van der Waals surface area contributed by atoms with Crippen LogP contribution in [0, 0.1) is 16.0 Å². The van der Waals surface area contributed by atoms with Crippen LogP contribution in [0.5, 0.6) is 0 Å². The lowest BCUT2D eigenvalue weighted by molar-refractivity contribution is -0.384. The van der Waals surface area contributed by atoms with Crippen LogP contribution in [0.25, 0.3) is 0 Å². The molecule has 6 nitrogen and oxygen atoms in total. The Morgan fingerprint density at radius 1 is 1.50 bits per heavy atom. The van der Waals surface area contributed by atoms with E-state index in [0.717, 1.165) is 0 Å². The summed E-state index contributed by atoms with van der Waals surface area (Å²) in [4.78, 5) is 12.9. The second-order valence-corrected chi connectivity index (χ2v) is 4.53. The second-order valence-electron chi connectivity index (χ2n) is 4.53. The zero-order valence-corrected chi connectivity index (χ0v) is 10.8. The third-order valence-electron chi connectivity index (χ3n) is 2.64. The van der Waals surface area contributed by atoms with Gasteiger partial charge in [-0.15, -0.1) is 0 Å². The summed E-state index contributed by atoms with van der Waals surface area (Å²) in [7, 11) is 0. The molecule has 1 unspecified atom stereocenters. The number of nitrogens with zero attached hydrogens (tertiary/aromatic N) is 2. The molecule has 1 aromatic heterocycles. The third-order valence-corrected chi connectivity index (χ3v) is 2.64. The Morgan fingerprint density at radius 2 is 2.10 bits per heavy atom. The van der Waals surface area contributed by atoms with Crippen LogP contribution in [0.3, 0.4) is 0 Å². The molecule has 0 bridgehead atoms. The first-order valence-electron chi connectivity index (χ1n) is 5.76. The first kappa shape index (κ1) is 16.2. The minimum atomic E-state index is -4.69. The monoisotopic (exact) mass is 293 g/mol. The second kappa shape index (κ2) is 6.04. The van der Waals surface area contributed by atoms with Crippen LogP contribution in [-0.4, -0.2) is 27.7 Å². The van der Waals surface area contributed by atoms with Gasteiger partial charge in [-0.2, -0.15) is 13.2 Å². The molecule has 0 fully saturated rings. The molecule has 0 saturated carbocycles. The number of anilines is 1. The van der Waals surface area contributed by atoms with E-state index in [1.165, 1.54) is 0 Å². The molecule has 2 N–H and O–H groups in total. The number of hydrogen-bond donors (Lipinski definition) is 2. The van der Waals surface area contributed by atoms with E-state index >= 15 is 0 Å². The Kier molecular flexibility index (Phi) is 4.88. The topological polar surface area (TPSA) is 88.3 Å². The molecular formula is C11H14F3N3O3. The van der Waals surface area contributed by atoms with Crippen LogP contribution in [0.2, 0.25) is 0 Å². The van der Waals surface area contributed by atoms with Crippen LogP contribution in [0.4, 0.5) is 24.5 Å². The minimum Gasteiger partial charge on any atom is -0.391 e. The summed E-state index contributed by atoms with van der Waals surface area (Å²) in [6.07, 6.45) is -4.98. The lowest BCUT2D eigenvalue weighted by Gasteiger charge is -2.16. The summed E-state index contributed by atoms with van der Waals surface area (Å²) in [5, 5.41) is 22.8.